The third-order valence-electron chi connectivity index (χ3n) is 3.53. The predicted octanol–water partition coefficient (Wildman–Crippen LogP) is 3.31. The maximum Gasteiger partial charge on any atom is 0.123 e. The van der Waals surface area contributed by atoms with Gasteiger partial charge in [-0.25, -0.2) is 4.98 Å². The molecule has 2 aromatic rings. The van der Waals surface area contributed by atoms with Gasteiger partial charge in [0.05, 0.1) is 11.8 Å². The van der Waals surface area contributed by atoms with E-state index < -0.39 is 0 Å². The molecule has 2 atom stereocenters. The lowest BCUT2D eigenvalue weighted by Gasteiger charge is -2.17. The first kappa shape index (κ1) is 15.2. The van der Waals surface area contributed by atoms with Crippen LogP contribution in [0, 0.1) is 5.92 Å². The smallest absolute Gasteiger partial charge is 0.123 e. The van der Waals surface area contributed by atoms with Crippen molar-refractivity contribution in [1.82, 2.24) is 10.3 Å². The van der Waals surface area contributed by atoms with Gasteiger partial charge in [-0.2, -0.15) is 0 Å². The number of nitrogens with zero attached hydrogens (tertiary/aromatic N) is 1. The van der Waals surface area contributed by atoms with Crippen LogP contribution in [0.2, 0.25) is 0 Å². The van der Waals surface area contributed by atoms with E-state index in [0.717, 1.165) is 22.7 Å². The highest BCUT2D eigenvalue weighted by Gasteiger charge is 2.11. The van der Waals surface area contributed by atoms with Gasteiger partial charge in [-0.3, -0.25) is 0 Å². The molecule has 0 bridgehead atoms. The molecular weight excluding hydrogens is 268 g/mol. The molecule has 0 saturated heterocycles. The van der Waals surface area contributed by atoms with Crippen molar-refractivity contribution in [3.05, 3.63) is 41.4 Å². The Labute approximate surface area is 124 Å². The first-order valence-corrected chi connectivity index (χ1v) is 7.97. The summed E-state index contributed by atoms with van der Waals surface area (Å²) >= 11 is 1.66. The van der Waals surface area contributed by atoms with Crippen molar-refractivity contribution in [3.8, 4) is 10.6 Å². The Morgan fingerprint density at radius 2 is 2.05 bits per heavy atom. The Morgan fingerprint density at radius 3 is 2.75 bits per heavy atom. The number of thiazole rings is 1. The number of hydrogen-bond donors (Lipinski definition) is 2. The van der Waals surface area contributed by atoms with E-state index in [1.54, 1.807) is 11.3 Å². The summed E-state index contributed by atoms with van der Waals surface area (Å²) in [6.45, 7) is 5.49. The van der Waals surface area contributed by atoms with E-state index in [2.05, 4.69) is 41.7 Å². The van der Waals surface area contributed by atoms with Crippen molar-refractivity contribution in [1.29, 1.82) is 0 Å². The zero-order chi connectivity index (χ0) is 14.4. The highest BCUT2D eigenvalue weighted by atomic mass is 32.1. The van der Waals surface area contributed by atoms with Gasteiger partial charge in [0, 0.05) is 24.0 Å². The van der Waals surface area contributed by atoms with Crippen molar-refractivity contribution >= 4 is 11.3 Å². The summed E-state index contributed by atoms with van der Waals surface area (Å²) in [5.41, 5.74) is 2.19. The number of rotatable bonds is 7. The minimum absolute atomic E-state index is 0.285. The molecule has 0 fully saturated rings. The second-order valence-corrected chi connectivity index (χ2v) is 5.95. The number of nitrogens with one attached hydrogen (secondary N) is 1. The van der Waals surface area contributed by atoms with Crippen molar-refractivity contribution in [2.45, 2.75) is 32.9 Å². The van der Waals surface area contributed by atoms with Gasteiger partial charge in [0.1, 0.15) is 5.01 Å². The summed E-state index contributed by atoms with van der Waals surface area (Å²) in [4.78, 5) is 4.62. The van der Waals surface area contributed by atoms with Gasteiger partial charge < -0.3 is 10.4 Å². The molecule has 0 radical (unpaired) electrons. The van der Waals surface area contributed by atoms with Crippen LogP contribution in [0.15, 0.2) is 35.7 Å². The minimum atomic E-state index is -0.285. The lowest BCUT2D eigenvalue weighted by Crippen LogP contribution is -2.31. The van der Waals surface area contributed by atoms with E-state index in [-0.39, 0.29) is 6.10 Å². The van der Waals surface area contributed by atoms with Gasteiger partial charge in [-0.1, -0.05) is 50.6 Å². The summed E-state index contributed by atoms with van der Waals surface area (Å²) in [6.07, 6.45) is 0.713. The molecule has 2 N–H and O–H groups in total. The van der Waals surface area contributed by atoms with Gasteiger partial charge in [-0.05, 0) is 5.92 Å². The van der Waals surface area contributed by atoms with Gasteiger partial charge >= 0.3 is 0 Å². The fourth-order valence-corrected chi connectivity index (χ4v) is 2.75. The molecule has 1 aromatic heterocycles. The predicted molar refractivity (Wildman–Crippen MR) is 84.7 cm³/mol. The normalized spacial score (nSPS) is 14.2. The molecule has 1 aromatic carbocycles. The quantitative estimate of drug-likeness (QED) is 0.822. The third kappa shape index (κ3) is 4.13. The van der Waals surface area contributed by atoms with Gasteiger partial charge in [0.2, 0.25) is 0 Å². The Kier molecular flexibility index (Phi) is 5.71. The zero-order valence-electron chi connectivity index (χ0n) is 12.0. The van der Waals surface area contributed by atoms with Crippen LogP contribution < -0.4 is 5.32 Å². The van der Waals surface area contributed by atoms with Crippen LogP contribution in [0.1, 0.15) is 26.0 Å². The monoisotopic (exact) mass is 290 g/mol. The fourth-order valence-electron chi connectivity index (χ4n) is 1.92. The van der Waals surface area contributed by atoms with E-state index in [4.69, 9.17) is 0 Å². The van der Waals surface area contributed by atoms with E-state index in [1.807, 2.05) is 18.2 Å². The molecule has 0 aliphatic carbocycles. The van der Waals surface area contributed by atoms with Crippen LogP contribution in [0.25, 0.3) is 10.6 Å². The maximum atomic E-state index is 9.90. The Morgan fingerprint density at radius 1 is 1.30 bits per heavy atom. The summed E-state index contributed by atoms with van der Waals surface area (Å²) < 4.78 is 0. The second-order valence-electron chi connectivity index (χ2n) is 5.09. The molecule has 1 heterocycles. The first-order valence-electron chi connectivity index (χ1n) is 7.09. The van der Waals surface area contributed by atoms with Gasteiger partial charge in [0.15, 0.2) is 0 Å². The SMILES string of the molecule is CCC(C)C(O)CNCc1csc(-c2ccccc2)n1. The van der Waals surface area contributed by atoms with Crippen molar-refractivity contribution < 1.29 is 5.11 Å². The van der Waals surface area contributed by atoms with Gasteiger partial charge in [-0.15, -0.1) is 11.3 Å². The number of aliphatic hydroxyl groups excluding tert-OH is 1. The van der Waals surface area contributed by atoms with Crippen LogP contribution in [0.5, 0.6) is 0 Å². The Hall–Kier alpha value is -1.23. The molecule has 108 valence electrons. The number of hydrogen-bond acceptors (Lipinski definition) is 4. The van der Waals surface area contributed by atoms with Crippen LogP contribution in [-0.4, -0.2) is 22.7 Å². The summed E-state index contributed by atoms with van der Waals surface area (Å²) in [5.74, 6) is 0.331. The minimum Gasteiger partial charge on any atom is -0.392 e. The van der Waals surface area contributed by atoms with Crippen molar-refractivity contribution in [2.24, 2.45) is 5.92 Å². The molecule has 0 spiro atoms. The summed E-state index contributed by atoms with van der Waals surface area (Å²) in [6, 6.07) is 10.2. The fraction of sp³-hybridized carbons (Fsp3) is 0.438. The van der Waals surface area contributed by atoms with Crippen LogP contribution in [0.3, 0.4) is 0 Å². The molecule has 0 aliphatic heterocycles. The molecule has 3 nitrogen and oxygen atoms in total. The number of aromatic nitrogens is 1. The van der Waals surface area contributed by atoms with Crippen LogP contribution in [-0.2, 0) is 6.54 Å². The maximum absolute atomic E-state index is 9.90. The van der Waals surface area contributed by atoms with Crippen LogP contribution >= 0.6 is 11.3 Å². The molecule has 2 unspecified atom stereocenters. The molecule has 2 rings (SSSR count). The number of aliphatic hydroxyl groups is 1. The average molecular weight is 290 g/mol. The van der Waals surface area contributed by atoms with Crippen molar-refractivity contribution in [2.75, 3.05) is 6.54 Å². The highest BCUT2D eigenvalue weighted by Crippen LogP contribution is 2.23. The highest BCUT2D eigenvalue weighted by molar-refractivity contribution is 7.13. The van der Waals surface area contributed by atoms with E-state index in [9.17, 15) is 5.11 Å². The van der Waals surface area contributed by atoms with Crippen LogP contribution in [0.4, 0.5) is 0 Å². The third-order valence-corrected chi connectivity index (χ3v) is 4.47. The average Bonchev–Trinajstić information content (AvgIpc) is 2.96. The largest absolute Gasteiger partial charge is 0.392 e. The Balaban J connectivity index is 1.85. The van der Waals surface area contributed by atoms with Crippen molar-refractivity contribution in [3.63, 3.8) is 0 Å². The molecule has 0 amide bonds. The Bertz CT molecular complexity index is 512. The van der Waals surface area contributed by atoms with Gasteiger partial charge in [0.25, 0.3) is 0 Å². The standard InChI is InChI=1S/C16H22N2OS/c1-3-12(2)15(19)10-17-9-14-11-20-16(18-14)13-7-5-4-6-8-13/h4-8,11-12,15,17,19H,3,9-10H2,1-2H3. The first-order chi connectivity index (χ1) is 9.70. The molecular formula is C16H22N2OS. The van der Waals surface area contributed by atoms with E-state index in [1.165, 1.54) is 0 Å². The lowest BCUT2D eigenvalue weighted by atomic mass is 10.0. The summed E-state index contributed by atoms with van der Waals surface area (Å²) in [7, 11) is 0. The number of benzene rings is 1. The lowest BCUT2D eigenvalue weighted by molar-refractivity contribution is 0.112. The molecule has 20 heavy (non-hydrogen) atoms. The molecule has 0 saturated carbocycles. The zero-order valence-corrected chi connectivity index (χ0v) is 12.9. The molecule has 4 heteroatoms. The van der Waals surface area contributed by atoms with E-state index in [0.29, 0.717) is 19.0 Å². The summed E-state index contributed by atoms with van der Waals surface area (Å²) in [5, 5.41) is 16.3. The molecule has 0 aliphatic rings. The second kappa shape index (κ2) is 7.53. The van der Waals surface area contributed by atoms with E-state index >= 15 is 0 Å². The topological polar surface area (TPSA) is 45.1 Å².